The summed E-state index contributed by atoms with van der Waals surface area (Å²) >= 11 is 0. The molecule has 0 fully saturated rings. The highest BCUT2D eigenvalue weighted by molar-refractivity contribution is 7.85. The molecule has 0 bridgehead atoms. The Morgan fingerprint density at radius 3 is 2.12 bits per heavy atom. The summed E-state index contributed by atoms with van der Waals surface area (Å²) < 4.78 is 25.9. The Hall–Kier alpha value is -1.44. The molecule has 0 heterocycles. The number of hydrogen-bond acceptors (Lipinski definition) is 4. The standard InChI is InChI=1S/C17H27NO2.CH4O3S/c1-12-6-7-14(10-13(12)2)11-18-15(16(19)20)8-9-17(3,4)5;1-5(2,3)4/h6-7,10,15,18H,8-9,11H2,1-5H3,(H,19,20);1H3,(H,2,3,4)/t15-;/m0./s1. The highest BCUT2D eigenvalue weighted by Crippen LogP contribution is 2.21. The van der Waals surface area contributed by atoms with Crippen LogP contribution in [0.1, 0.15) is 50.3 Å². The molecule has 0 aliphatic heterocycles. The van der Waals surface area contributed by atoms with Crippen LogP contribution in [-0.4, -0.2) is 36.3 Å². The fourth-order valence-corrected chi connectivity index (χ4v) is 2.04. The second kappa shape index (κ2) is 9.89. The third-order valence-electron chi connectivity index (χ3n) is 3.61. The summed E-state index contributed by atoms with van der Waals surface area (Å²) in [6.45, 7) is 11.2. The molecule has 1 atom stereocenters. The molecule has 0 aliphatic carbocycles. The molecular weight excluding hydrogens is 342 g/mol. The number of aliphatic carboxylic acids is 1. The average molecular weight is 374 g/mol. The van der Waals surface area contributed by atoms with Crippen molar-refractivity contribution in [2.24, 2.45) is 5.41 Å². The van der Waals surface area contributed by atoms with E-state index in [1.807, 2.05) is 0 Å². The van der Waals surface area contributed by atoms with Gasteiger partial charge in [0.2, 0.25) is 0 Å². The largest absolute Gasteiger partial charge is 0.480 e. The lowest BCUT2D eigenvalue weighted by Crippen LogP contribution is -2.37. The molecule has 1 aromatic carbocycles. The number of aryl methyl sites for hydroxylation is 2. The van der Waals surface area contributed by atoms with Crippen LogP contribution in [-0.2, 0) is 21.5 Å². The first-order chi connectivity index (χ1) is 11.2. The van der Waals surface area contributed by atoms with Crippen LogP contribution < -0.4 is 5.32 Å². The third-order valence-corrected chi connectivity index (χ3v) is 3.61. The first kappa shape index (κ1) is 23.6. The van der Waals surface area contributed by atoms with Gasteiger partial charge in [0.05, 0.1) is 6.26 Å². The number of carboxylic acid groups (broad SMARTS) is 1. The summed E-state index contributed by atoms with van der Waals surface area (Å²) in [5, 5.41) is 12.4. The highest BCUT2D eigenvalue weighted by Gasteiger charge is 2.20. The second-order valence-electron chi connectivity index (χ2n) is 7.52. The van der Waals surface area contributed by atoms with Crippen LogP contribution in [0, 0.1) is 19.3 Å². The van der Waals surface area contributed by atoms with E-state index in [0.717, 1.165) is 12.0 Å². The molecule has 0 radical (unpaired) electrons. The van der Waals surface area contributed by atoms with Crippen LogP contribution in [0.25, 0.3) is 0 Å². The number of carbonyl (C=O) groups is 1. The summed E-state index contributed by atoms with van der Waals surface area (Å²) in [7, 11) is -3.67. The van der Waals surface area contributed by atoms with Crippen LogP contribution in [0.3, 0.4) is 0 Å². The van der Waals surface area contributed by atoms with Crippen molar-refractivity contribution < 1.29 is 22.9 Å². The van der Waals surface area contributed by atoms with Gasteiger partial charge in [-0.1, -0.05) is 39.0 Å². The van der Waals surface area contributed by atoms with Gasteiger partial charge < -0.3 is 10.4 Å². The van der Waals surface area contributed by atoms with Crippen molar-refractivity contribution in [1.82, 2.24) is 5.32 Å². The third kappa shape index (κ3) is 13.5. The van der Waals surface area contributed by atoms with Crippen molar-refractivity contribution >= 4 is 16.1 Å². The number of carboxylic acids is 1. The topological polar surface area (TPSA) is 104 Å². The Bertz CT molecular complexity index is 655. The minimum atomic E-state index is -3.67. The molecule has 144 valence electrons. The summed E-state index contributed by atoms with van der Waals surface area (Å²) in [5.74, 6) is -0.766. The molecule has 0 unspecified atom stereocenters. The lowest BCUT2D eigenvalue weighted by molar-refractivity contribution is -0.139. The first-order valence-corrected chi connectivity index (χ1v) is 9.98. The molecule has 7 heteroatoms. The van der Waals surface area contributed by atoms with E-state index >= 15 is 0 Å². The van der Waals surface area contributed by atoms with E-state index in [4.69, 9.17) is 4.55 Å². The lowest BCUT2D eigenvalue weighted by atomic mass is 9.88. The Balaban J connectivity index is 0.00000101. The van der Waals surface area contributed by atoms with E-state index in [-0.39, 0.29) is 5.41 Å². The van der Waals surface area contributed by atoms with Gasteiger partial charge in [0.25, 0.3) is 10.1 Å². The van der Waals surface area contributed by atoms with Crippen molar-refractivity contribution in [2.45, 2.75) is 60.0 Å². The van der Waals surface area contributed by atoms with Gasteiger partial charge in [-0.3, -0.25) is 9.35 Å². The first-order valence-electron chi connectivity index (χ1n) is 8.14. The van der Waals surface area contributed by atoms with Gasteiger partial charge >= 0.3 is 5.97 Å². The van der Waals surface area contributed by atoms with E-state index in [2.05, 4.69) is 58.1 Å². The predicted octanol–water partition coefficient (Wildman–Crippen LogP) is 3.18. The number of nitrogens with one attached hydrogen (secondary N) is 1. The second-order valence-corrected chi connectivity index (χ2v) is 8.99. The van der Waals surface area contributed by atoms with Crippen molar-refractivity contribution in [3.8, 4) is 0 Å². The van der Waals surface area contributed by atoms with Gasteiger partial charge in [-0.25, -0.2) is 0 Å². The van der Waals surface area contributed by atoms with Gasteiger partial charge in [-0.05, 0) is 48.8 Å². The molecule has 25 heavy (non-hydrogen) atoms. The molecule has 1 rings (SSSR count). The van der Waals surface area contributed by atoms with Crippen molar-refractivity contribution in [3.05, 3.63) is 34.9 Å². The van der Waals surface area contributed by atoms with Crippen LogP contribution in [0.5, 0.6) is 0 Å². The maximum Gasteiger partial charge on any atom is 0.320 e. The van der Waals surface area contributed by atoms with Crippen molar-refractivity contribution in [3.63, 3.8) is 0 Å². The molecule has 0 aliphatic rings. The van der Waals surface area contributed by atoms with Gasteiger partial charge in [-0.2, -0.15) is 8.42 Å². The van der Waals surface area contributed by atoms with E-state index in [1.54, 1.807) is 0 Å². The SMILES string of the molecule is CS(=O)(=O)O.Cc1ccc(CN[C@@H](CCC(C)(C)C)C(=O)O)cc1C. The van der Waals surface area contributed by atoms with Crippen molar-refractivity contribution in [2.75, 3.05) is 6.26 Å². The highest BCUT2D eigenvalue weighted by atomic mass is 32.2. The zero-order chi connectivity index (χ0) is 19.8. The van der Waals surface area contributed by atoms with Gasteiger partial charge in [-0.15, -0.1) is 0 Å². The Kier molecular flexibility index (Phi) is 9.32. The molecule has 0 spiro atoms. The maximum absolute atomic E-state index is 11.3. The summed E-state index contributed by atoms with van der Waals surface area (Å²) in [4.78, 5) is 11.3. The number of hydrogen-bond donors (Lipinski definition) is 3. The summed E-state index contributed by atoms with van der Waals surface area (Å²) in [5.41, 5.74) is 3.80. The van der Waals surface area contributed by atoms with E-state index in [0.29, 0.717) is 19.2 Å². The Labute approximate surface area is 151 Å². The fraction of sp³-hybridized carbons (Fsp3) is 0.611. The zero-order valence-electron chi connectivity index (χ0n) is 16.0. The van der Waals surface area contributed by atoms with E-state index in [1.165, 1.54) is 11.1 Å². The smallest absolute Gasteiger partial charge is 0.320 e. The minimum Gasteiger partial charge on any atom is -0.480 e. The Morgan fingerprint density at radius 2 is 1.72 bits per heavy atom. The van der Waals surface area contributed by atoms with Crippen LogP contribution in [0.4, 0.5) is 0 Å². The van der Waals surface area contributed by atoms with Crippen LogP contribution in [0.15, 0.2) is 18.2 Å². The maximum atomic E-state index is 11.3. The van der Waals surface area contributed by atoms with Crippen molar-refractivity contribution in [1.29, 1.82) is 0 Å². The number of benzene rings is 1. The lowest BCUT2D eigenvalue weighted by Gasteiger charge is -2.21. The number of rotatable bonds is 6. The molecule has 0 saturated carbocycles. The molecule has 0 saturated heterocycles. The van der Waals surface area contributed by atoms with Crippen LogP contribution >= 0.6 is 0 Å². The average Bonchev–Trinajstić information content (AvgIpc) is 2.39. The fourth-order valence-electron chi connectivity index (χ4n) is 2.04. The van der Waals surface area contributed by atoms with Gasteiger partial charge in [0, 0.05) is 6.54 Å². The zero-order valence-corrected chi connectivity index (χ0v) is 16.8. The summed E-state index contributed by atoms with van der Waals surface area (Å²) in [6, 6.07) is 5.77. The molecule has 6 nitrogen and oxygen atoms in total. The normalized spacial score (nSPS) is 12.9. The predicted molar refractivity (Wildman–Crippen MR) is 100 cm³/mol. The molecule has 0 aromatic heterocycles. The molecule has 3 N–H and O–H groups in total. The van der Waals surface area contributed by atoms with Crippen LogP contribution in [0.2, 0.25) is 0 Å². The van der Waals surface area contributed by atoms with E-state index < -0.39 is 22.1 Å². The molecular formula is C18H31NO5S. The molecule has 0 amide bonds. The quantitative estimate of drug-likeness (QED) is 0.662. The Morgan fingerprint density at radius 1 is 1.20 bits per heavy atom. The molecule has 1 aromatic rings. The monoisotopic (exact) mass is 373 g/mol. The van der Waals surface area contributed by atoms with Gasteiger partial charge in [0.1, 0.15) is 6.04 Å². The van der Waals surface area contributed by atoms with E-state index in [9.17, 15) is 18.3 Å². The minimum absolute atomic E-state index is 0.163. The summed E-state index contributed by atoms with van der Waals surface area (Å²) in [6.07, 6.45) is 2.26. The van der Waals surface area contributed by atoms with Gasteiger partial charge in [0.15, 0.2) is 0 Å².